The molecule has 1 aliphatic rings. The molecule has 0 saturated carbocycles. The molecule has 1 aliphatic heterocycles. The molecule has 0 aliphatic carbocycles. The Morgan fingerprint density at radius 3 is 2.81 bits per heavy atom. The Hall–Kier alpha value is -2.55. The molecule has 0 spiro atoms. The van der Waals surface area contributed by atoms with Crippen LogP contribution in [0.1, 0.15) is 34.9 Å². The molecular weight excluding hydrogens is 358 g/mol. The first-order valence-electron chi connectivity index (χ1n) is 8.14. The van der Waals surface area contributed by atoms with Crippen LogP contribution in [0.15, 0.2) is 28.8 Å². The summed E-state index contributed by atoms with van der Waals surface area (Å²) in [6, 6.07) is 6.56. The van der Waals surface area contributed by atoms with Crippen molar-refractivity contribution >= 4 is 23.6 Å². The Kier molecular flexibility index (Phi) is 5.46. The Balaban J connectivity index is 1.68. The van der Waals surface area contributed by atoms with Crippen LogP contribution in [0.5, 0.6) is 5.75 Å². The summed E-state index contributed by atoms with van der Waals surface area (Å²) in [5.74, 6) is 1.30. The number of amides is 1. The van der Waals surface area contributed by atoms with Crippen LogP contribution in [0.4, 0.5) is 0 Å². The van der Waals surface area contributed by atoms with Gasteiger partial charge < -0.3 is 19.7 Å². The lowest BCUT2D eigenvalue weighted by atomic mass is 9.92. The van der Waals surface area contributed by atoms with Gasteiger partial charge in [0, 0.05) is 12.5 Å². The minimum absolute atomic E-state index is 0.110. The van der Waals surface area contributed by atoms with Gasteiger partial charge in [0.1, 0.15) is 11.3 Å². The van der Waals surface area contributed by atoms with Crippen LogP contribution in [-0.2, 0) is 11.4 Å². The number of aromatic nitrogens is 2. The number of nitrogens with zero attached hydrogens (tertiary/aromatic N) is 2. The molecule has 8 nitrogen and oxygen atoms in total. The van der Waals surface area contributed by atoms with Crippen molar-refractivity contribution in [2.75, 3.05) is 11.5 Å². The van der Waals surface area contributed by atoms with E-state index in [1.165, 1.54) is 0 Å². The maximum Gasteiger partial charge on any atom is 0.329 e. The van der Waals surface area contributed by atoms with E-state index in [1.54, 1.807) is 43.0 Å². The average molecular weight is 377 g/mol. The first-order valence-corrected chi connectivity index (χ1v) is 9.30. The highest BCUT2D eigenvalue weighted by Gasteiger charge is 2.41. The number of hydrogen-bond acceptors (Lipinski definition) is 7. The predicted octanol–water partition coefficient (Wildman–Crippen LogP) is 2.04. The Morgan fingerprint density at radius 2 is 2.15 bits per heavy atom. The number of benzene rings is 1. The molecule has 0 radical (unpaired) electrons. The molecule has 0 atom stereocenters. The van der Waals surface area contributed by atoms with Crippen molar-refractivity contribution < 1.29 is 24.0 Å². The monoisotopic (exact) mass is 377 g/mol. The molecule has 138 valence electrons. The van der Waals surface area contributed by atoms with E-state index in [4.69, 9.17) is 9.26 Å². The number of ether oxygens (including phenoxy) is 1. The number of hydrogen-bond donors (Lipinski definition) is 2. The Labute approximate surface area is 154 Å². The number of carbonyl (C=O) groups is 2. The SMILES string of the molecule is Cc1nc(COc2cccc(C(=O)NC3(C(=O)O)CCSCC3)c2)no1. The molecule has 1 aromatic heterocycles. The van der Waals surface area contributed by atoms with Gasteiger partial charge in [0.2, 0.25) is 11.7 Å². The zero-order chi connectivity index (χ0) is 18.6. The van der Waals surface area contributed by atoms with Gasteiger partial charge in [-0.15, -0.1) is 0 Å². The molecule has 26 heavy (non-hydrogen) atoms. The molecule has 1 amide bonds. The van der Waals surface area contributed by atoms with Crippen LogP contribution >= 0.6 is 11.8 Å². The van der Waals surface area contributed by atoms with Crippen LogP contribution in [-0.4, -0.2) is 44.2 Å². The molecule has 9 heteroatoms. The highest BCUT2D eigenvalue weighted by Crippen LogP contribution is 2.28. The summed E-state index contributed by atoms with van der Waals surface area (Å²) in [6.07, 6.45) is 0.818. The van der Waals surface area contributed by atoms with E-state index in [-0.39, 0.29) is 6.61 Å². The third-order valence-corrected chi connectivity index (χ3v) is 5.13. The van der Waals surface area contributed by atoms with Crippen molar-refractivity contribution in [1.29, 1.82) is 0 Å². The molecule has 1 aromatic carbocycles. The number of carbonyl (C=O) groups excluding carboxylic acids is 1. The van der Waals surface area contributed by atoms with Crippen LogP contribution in [0.3, 0.4) is 0 Å². The zero-order valence-corrected chi connectivity index (χ0v) is 15.0. The van der Waals surface area contributed by atoms with Crippen molar-refractivity contribution in [2.24, 2.45) is 0 Å². The van der Waals surface area contributed by atoms with Crippen LogP contribution in [0.2, 0.25) is 0 Å². The fourth-order valence-corrected chi connectivity index (χ4v) is 3.87. The van der Waals surface area contributed by atoms with Crippen LogP contribution < -0.4 is 10.1 Å². The van der Waals surface area contributed by atoms with E-state index in [9.17, 15) is 14.7 Å². The van der Waals surface area contributed by atoms with E-state index >= 15 is 0 Å². The maximum atomic E-state index is 12.6. The topological polar surface area (TPSA) is 115 Å². The summed E-state index contributed by atoms with van der Waals surface area (Å²) in [5, 5.41) is 16.0. The van der Waals surface area contributed by atoms with Gasteiger partial charge in [-0.2, -0.15) is 16.7 Å². The number of carboxylic acid groups (broad SMARTS) is 1. The van der Waals surface area contributed by atoms with Crippen molar-refractivity contribution in [1.82, 2.24) is 15.5 Å². The van der Waals surface area contributed by atoms with Gasteiger partial charge >= 0.3 is 5.97 Å². The van der Waals surface area contributed by atoms with Gasteiger partial charge in [-0.1, -0.05) is 11.2 Å². The molecule has 2 aromatic rings. The summed E-state index contributed by atoms with van der Waals surface area (Å²) < 4.78 is 10.4. The summed E-state index contributed by atoms with van der Waals surface area (Å²) in [7, 11) is 0. The highest BCUT2D eigenvalue weighted by atomic mass is 32.2. The lowest BCUT2D eigenvalue weighted by molar-refractivity contribution is -0.144. The lowest BCUT2D eigenvalue weighted by Crippen LogP contribution is -2.56. The number of aryl methyl sites for hydroxylation is 1. The third kappa shape index (κ3) is 4.16. The molecule has 3 rings (SSSR count). The van der Waals surface area contributed by atoms with E-state index < -0.39 is 17.4 Å². The minimum atomic E-state index is -1.21. The van der Waals surface area contributed by atoms with Crippen LogP contribution in [0, 0.1) is 6.92 Å². The summed E-state index contributed by atoms with van der Waals surface area (Å²) in [4.78, 5) is 28.3. The number of rotatable bonds is 6. The quantitative estimate of drug-likeness (QED) is 0.786. The lowest BCUT2D eigenvalue weighted by Gasteiger charge is -2.33. The molecule has 1 saturated heterocycles. The van der Waals surface area contributed by atoms with Gasteiger partial charge in [0.15, 0.2) is 6.61 Å². The molecule has 2 heterocycles. The largest absolute Gasteiger partial charge is 0.485 e. The average Bonchev–Trinajstić information content (AvgIpc) is 3.06. The number of thioether (sulfide) groups is 1. The van der Waals surface area contributed by atoms with Gasteiger partial charge in [-0.3, -0.25) is 4.79 Å². The molecular formula is C17H19N3O5S. The fraction of sp³-hybridized carbons (Fsp3) is 0.412. The third-order valence-electron chi connectivity index (χ3n) is 4.14. The van der Waals surface area contributed by atoms with Gasteiger partial charge in [0.25, 0.3) is 5.91 Å². The molecule has 2 N–H and O–H groups in total. The second kappa shape index (κ2) is 7.77. The van der Waals surface area contributed by atoms with E-state index in [0.717, 1.165) is 0 Å². The van der Waals surface area contributed by atoms with Crippen molar-refractivity contribution in [3.63, 3.8) is 0 Å². The number of aliphatic carboxylic acids is 1. The standard InChI is InChI=1S/C17H19N3O5S/c1-11-18-14(20-25-11)10-24-13-4-2-3-12(9-13)15(21)19-17(16(22)23)5-7-26-8-6-17/h2-4,9H,5-8,10H2,1H3,(H,19,21)(H,22,23). The van der Waals surface area contributed by atoms with Gasteiger partial charge in [0.05, 0.1) is 0 Å². The molecule has 0 unspecified atom stereocenters. The minimum Gasteiger partial charge on any atom is -0.485 e. The Morgan fingerprint density at radius 1 is 1.38 bits per heavy atom. The first kappa shape index (κ1) is 18.2. The second-order valence-corrected chi connectivity index (χ2v) is 7.22. The second-order valence-electron chi connectivity index (χ2n) is 6.00. The maximum absolute atomic E-state index is 12.6. The van der Waals surface area contributed by atoms with E-state index in [1.807, 2.05) is 0 Å². The number of carboxylic acids is 1. The molecule has 0 bridgehead atoms. The smallest absolute Gasteiger partial charge is 0.329 e. The summed E-state index contributed by atoms with van der Waals surface area (Å²) >= 11 is 1.69. The first-order chi connectivity index (χ1) is 12.5. The van der Waals surface area contributed by atoms with Gasteiger partial charge in [-0.25, -0.2) is 4.79 Å². The van der Waals surface area contributed by atoms with E-state index in [0.29, 0.717) is 47.4 Å². The van der Waals surface area contributed by atoms with Crippen molar-refractivity contribution in [3.05, 3.63) is 41.5 Å². The summed E-state index contributed by atoms with van der Waals surface area (Å²) in [6.45, 7) is 1.79. The van der Waals surface area contributed by atoms with Crippen LogP contribution in [0.25, 0.3) is 0 Å². The summed E-state index contributed by atoms with van der Waals surface area (Å²) in [5.41, 5.74) is -0.868. The zero-order valence-electron chi connectivity index (χ0n) is 14.2. The van der Waals surface area contributed by atoms with Crippen molar-refractivity contribution in [3.8, 4) is 5.75 Å². The van der Waals surface area contributed by atoms with E-state index in [2.05, 4.69) is 15.5 Å². The highest BCUT2D eigenvalue weighted by molar-refractivity contribution is 7.99. The normalized spacial score (nSPS) is 16.0. The van der Waals surface area contributed by atoms with Gasteiger partial charge in [-0.05, 0) is 42.5 Å². The molecule has 1 fully saturated rings. The fourth-order valence-electron chi connectivity index (χ4n) is 2.68. The number of nitrogens with one attached hydrogen (secondary N) is 1. The van der Waals surface area contributed by atoms with Crippen molar-refractivity contribution in [2.45, 2.75) is 31.9 Å². The predicted molar refractivity (Wildman–Crippen MR) is 94.2 cm³/mol. The Bertz CT molecular complexity index is 801.